The first kappa shape index (κ1) is 23.5. The largest absolute Gasteiger partial charge is 0.469 e. The maximum Gasteiger partial charge on any atom is 0.305 e. The van der Waals surface area contributed by atoms with Gasteiger partial charge in [0.15, 0.2) is 0 Å². The van der Waals surface area contributed by atoms with Crippen LogP contribution in [0.15, 0.2) is 36.5 Å². The molecule has 6 heteroatoms. The van der Waals surface area contributed by atoms with Crippen molar-refractivity contribution in [2.24, 2.45) is 0 Å². The lowest BCUT2D eigenvalue weighted by Gasteiger charge is -2.08. The van der Waals surface area contributed by atoms with Gasteiger partial charge in [0, 0.05) is 6.42 Å². The van der Waals surface area contributed by atoms with E-state index in [0.717, 1.165) is 38.5 Å². The van der Waals surface area contributed by atoms with E-state index in [1.165, 1.54) is 7.11 Å². The summed E-state index contributed by atoms with van der Waals surface area (Å²) >= 11 is 0. The maximum absolute atomic E-state index is 11.0. The van der Waals surface area contributed by atoms with Crippen molar-refractivity contribution >= 4 is 5.97 Å². The number of esters is 1. The monoisotopic (exact) mass is 356 g/mol. The fourth-order valence-electron chi connectivity index (χ4n) is 2.28. The number of hydrogen-bond acceptors (Lipinski definition) is 6. The Hall–Kier alpha value is -1.47. The molecule has 0 amide bonds. The minimum atomic E-state index is -0.348. The van der Waals surface area contributed by atoms with Crippen LogP contribution in [0.2, 0.25) is 0 Å². The Morgan fingerprint density at radius 3 is 2.28 bits per heavy atom. The number of allylic oxidation sites excluding steroid dienone is 3. The van der Waals surface area contributed by atoms with Crippen LogP contribution >= 0.6 is 0 Å². The molecule has 0 fully saturated rings. The molecule has 0 aliphatic heterocycles. The van der Waals surface area contributed by atoms with Crippen LogP contribution in [-0.4, -0.2) is 35.8 Å². The van der Waals surface area contributed by atoms with E-state index in [4.69, 9.17) is 10.5 Å². The van der Waals surface area contributed by atoms with Crippen molar-refractivity contribution in [2.75, 3.05) is 7.11 Å². The number of unbranched alkanes of at least 4 members (excludes halogenated alkanes) is 4. The predicted molar refractivity (Wildman–Crippen MR) is 97.0 cm³/mol. The van der Waals surface area contributed by atoms with Crippen molar-refractivity contribution in [3.8, 4) is 0 Å². The maximum atomic E-state index is 11.0. The average molecular weight is 356 g/mol. The topological polar surface area (TPSA) is 85.2 Å². The van der Waals surface area contributed by atoms with Crippen molar-refractivity contribution in [3.05, 3.63) is 36.5 Å². The molecule has 0 aromatic heterocycles. The molecular weight excluding hydrogens is 324 g/mol. The number of hydrogen-bond donors (Lipinski definition) is 2. The SMILES string of the molecule is CC=CC(CC=CC=CC(CCCCCCCC(=O)OC)OO)OO. The van der Waals surface area contributed by atoms with E-state index in [1.807, 2.05) is 25.2 Å². The van der Waals surface area contributed by atoms with Gasteiger partial charge in [-0.2, -0.15) is 0 Å². The van der Waals surface area contributed by atoms with Crippen LogP contribution in [-0.2, 0) is 19.3 Å². The van der Waals surface area contributed by atoms with E-state index >= 15 is 0 Å². The van der Waals surface area contributed by atoms with Crippen LogP contribution in [0.1, 0.15) is 58.3 Å². The van der Waals surface area contributed by atoms with Crippen molar-refractivity contribution in [3.63, 3.8) is 0 Å². The van der Waals surface area contributed by atoms with E-state index < -0.39 is 0 Å². The number of carbonyl (C=O) groups is 1. The normalized spacial score (nSPS) is 14.6. The summed E-state index contributed by atoms with van der Waals surface area (Å²) < 4.78 is 4.59. The molecule has 0 rings (SSSR count). The summed E-state index contributed by atoms with van der Waals surface area (Å²) in [6.07, 6.45) is 16.8. The third-order valence-corrected chi connectivity index (χ3v) is 3.72. The van der Waals surface area contributed by atoms with E-state index in [1.54, 1.807) is 18.2 Å². The molecule has 0 saturated heterocycles. The van der Waals surface area contributed by atoms with Crippen LogP contribution in [0, 0.1) is 0 Å². The summed E-state index contributed by atoms with van der Waals surface area (Å²) in [6, 6.07) is 0. The van der Waals surface area contributed by atoms with E-state index in [2.05, 4.69) is 14.5 Å². The van der Waals surface area contributed by atoms with Gasteiger partial charge in [0.25, 0.3) is 0 Å². The molecule has 25 heavy (non-hydrogen) atoms. The lowest BCUT2D eigenvalue weighted by molar-refractivity contribution is -0.267. The molecule has 0 radical (unpaired) electrons. The van der Waals surface area contributed by atoms with Crippen LogP contribution in [0.25, 0.3) is 0 Å². The quantitative estimate of drug-likeness (QED) is 0.111. The second kappa shape index (κ2) is 17.4. The Morgan fingerprint density at radius 2 is 1.64 bits per heavy atom. The highest BCUT2D eigenvalue weighted by atomic mass is 17.1. The molecule has 144 valence electrons. The van der Waals surface area contributed by atoms with Gasteiger partial charge in [-0.15, -0.1) is 0 Å². The fraction of sp³-hybridized carbons (Fsp3) is 0.632. The Kier molecular flexibility index (Phi) is 16.3. The van der Waals surface area contributed by atoms with E-state index in [9.17, 15) is 4.79 Å². The summed E-state index contributed by atoms with van der Waals surface area (Å²) in [5.41, 5.74) is 0. The van der Waals surface area contributed by atoms with Gasteiger partial charge < -0.3 is 4.74 Å². The molecule has 0 aromatic carbocycles. The van der Waals surface area contributed by atoms with Gasteiger partial charge in [0.1, 0.15) is 12.2 Å². The summed E-state index contributed by atoms with van der Waals surface area (Å²) in [4.78, 5) is 19.7. The van der Waals surface area contributed by atoms with E-state index in [-0.39, 0.29) is 18.2 Å². The Morgan fingerprint density at radius 1 is 0.960 bits per heavy atom. The van der Waals surface area contributed by atoms with Gasteiger partial charge in [0.2, 0.25) is 0 Å². The molecule has 2 atom stereocenters. The third kappa shape index (κ3) is 14.6. The zero-order chi connectivity index (χ0) is 18.8. The molecule has 0 aromatic rings. The lowest BCUT2D eigenvalue weighted by Crippen LogP contribution is -2.06. The molecule has 0 saturated carbocycles. The highest BCUT2D eigenvalue weighted by Gasteiger charge is 2.04. The Bertz CT molecular complexity index is 403. The average Bonchev–Trinajstić information content (AvgIpc) is 2.63. The highest BCUT2D eigenvalue weighted by Crippen LogP contribution is 2.11. The second-order valence-corrected chi connectivity index (χ2v) is 5.74. The first-order chi connectivity index (χ1) is 12.2. The molecule has 2 unspecified atom stereocenters. The summed E-state index contributed by atoms with van der Waals surface area (Å²) in [5, 5.41) is 17.6. The van der Waals surface area contributed by atoms with Crippen LogP contribution < -0.4 is 0 Å². The third-order valence-electron chi connectivity index (χ3n) is 3.72. The lowest BCUT2D eigenvalue weighted by atomic mass is 10.1. The van der Waals surface area contributed by atoms with Crippen LogP contribution in [0.4, 0.5) is 0 Å². The van der Waals surface area contributed by atoms with Crippen molar-refractivity contribution in [1.29, 1.82) is 0 Å². The summed E-state index contributed by atoms with van der Waals surface area (Å²) in [6.45, 7) is 1.86. The van der Waals surface area contributed by atoms with Crippen molar-refractivity contribution in [1.82, 2.24) is 0 Å². The minimum Gasteiger partial charge on any atom is -0.469 e. The van der Waals surface area contributed by atoms with Gasteiger partial charge in [-0.3, -0.25) is 15.3 Å². The van der Waals surface area contributed by atoms with Gasteiger partial charge >= 0.3 is 5.97 Å². The Labute approximate surface area is 150 Å². The van der Waals surface area contributed by atoms with Gasteiger partial charge in [-0.25, -0.2) is 9.78 Å². The second-order valence-electron chi connectivity index (χ2n) is 5.74. The first-order valence-electron chi connectivity index (χ1n) is 8.81. The number of carbonyl (C=O) groups excluding carboxylic acids is 1. The molecule has 0 heterocycles. The zero-order valence-corrected chi connectivity index (χ0v) is 15.3. The summed E-state index contributed by atoms with van der Waals surface area (Å²) in [5.74, 6) is -0.158. The van der Waals surface area contributed by atoms with Gasteiger partial charge in [0.05, 0.1) is 7.11 Å². The zero-order valence-electron chi connectivity index (χ0n) is 15.3. The molecule has 6 nitrogen and oxygen atoms in total. The molecular formula is C19H32O6. The standard InChI is InChI=1S/C19H32O6/c1-3-12-17(24-21)13-9-7-10-15-18(25-22)14-8-5-4-6-11-16-19(20)23-2/h3,7,9-10,12,15,17-18,21-22H,4-6,8,11,13-14,16H2,1-2H3. The van der Waals surface area contributed by atoms with Gasteiger partial charge in [-0.1, -0.05) is 62.1 Å². The van der Waals surface area contributed by atoms with Crippen LogP contribution in [0.5, 0.6) is 0 Å². The summed E-state index contributed by atoms with van der Waals surface area (Å²) in [7, 11) is 1.40. The minimum absolute atomic E-state index is 0.158. The smallest absolute Gasteiger partial charge is 0.305 e. The highest BCUT2D eigenvalue weighted by molar-refractivity contribution is 5.68. The number of methoxy groups -OCH3 is 1. The fourth-order valence-corrected chi connectivity index (χ4v) is 2.28. The molecule has 0 bridgehead atoms. The molecule has 2 N–H and O–H groups in total. The van der Waals surface area contributed by atoms with Crippen molar-refractivity contribution in [2.45, 2.75) is 70.5 Å². The van der Waals surface area contributed by atoms with Crippen LogP contribution in [0.3, 0.4) is 0 Å². The van der Waals surface area contributed by atoms with E-state index in [0.29, 0.717) is 12.8 Å². The molecule has 0 aliphatic rings. The molecule has 0 aliphatic carbocycles. The van der Waals surface area contributed by atoms with Gasteiger partial charge in [-0.05, 0) is 26.2 Å². The Balaban J connectivity index is 3.81. The van der Waals surface area contributed by atoms with Crippen molar-refractivity contribution < 1.29 is 29.8 Å². The predicted octanol–water partition coefficient (Wildman–Crippen LogP) is 4.69. The number of rotatable bonds is 15. The molecule has 0 spiro atoms. The number of ether oxygens (including phenoxy) is 1. The first-order valence-corrected chi connectivity index (χ1v) is 8.81.